The van der Waals surface area contributed by atoms with Crippen LogP contribution in [0.4, 0.5) is 5.69 Å². The average molecular weight is 353 g/mol. The first-order valence-electron chi connectivity index (χ1n) is 8.30. The maximum Gasteiger partial charge on any atom is 0.0510 e. The van der Waals surface area contributed by atoms with Crippen molar-refractivity contribution in [2.45, 2.75) is 46.6 Å². The van der Waals surface area contributed by atoms with Crippen molar-refractivity contribution >= 4 is 21.6 Å². The van der Waals surface area contributed by atoms with Crippen LogP contribution in [-0.4, -0.2) is 19.6 Å². The minimum Gasteiger partial charge on any atom is -0.370 e. The Balaban J connectivity index is 2.06. The fraction of sp³-hybridized carbons (Fsp3) is 0.667. The van der Waals surface area contributed by atoms with Crippen molar-refractivity contribution in [3.05, 3.63) is 28.2 Å². The molecule has 0 spiro atoms. The summed E-state index contributed by atoms with van der Waals surface area (Å²) in [7, 11) is 0. The summed E-state index contributed by atoms with van der Waals surface area (Å²) >= 11 is 3.78. The molecule has 1 aromatic carbocycles. The molecule has 1 saturated heterocycles. The van der Waals surface area contributed by atoms with Gasteiger partial charge in [0.05, 0.1) is 5.69 Å². The minimum atomic E-state index is 0.414. The third-order valence-corrected chi connectivity index (χ3v) is 5.32. The van der Waals surface area contributed by atoms with Gasteiger partial charge in [-0.2, -0.15) is 0 Å². The first kappa shape index (κ1) is 16.8. The minimum absolute atomic E-state index is 0.414. The molecule has 0 saturated carbocycles. The highest BCUT2D eigenvalue weighted by molar-refractivity contribution is 9.10. The maximum absolute atomic E-state index is 3.78. The van der Waals surface area contributed by atoms with E-state index in [1.807, 2.05) is 0 Å². The van der Waals surface area contributed by atoms with Crippen LogP contribution in [0.3, 0.4) is 0 Å². The third kappa shape index (κ3) is 4.23. The molecule has 0 aliphatic carbocycles. The van der Waals surface area contributed by atoms with Crippen molar-refractivity contribution in [1.82, 2.24) is 5.32 Å². The summed E-state index contributed by atoms with van der Waals surface area (Å²) in [5.41, 5.74) is 2.71. The van der Waals surface area contributed by atoms with Crippen molar-refractivity contribution in [2.75, 3.05) is 24.5 Å². The van der Waals surface area contributed by atoms with E-state index in [0.717, 1.165) is 18.4 Å². The Hall–Kier alpha value is -0.540. The van der Waals surface area contributed by atoms with E-state index in [1.165, 1.54) is 41.7 Å². The van der Waals surface area contributed by atoms with E-state index >= 15 is 0 Å². The van der Waals surface area contributed by atoms with Gasteiger partial charge in [0, 0.05) is 23.6 Å². The summed E-state index contributed by atoms with van der Waals surface area (Å²) < 4.78 is 1.23. The summed E-state index contributed by atoms with van der Waals surface area (Å²) in [5, 5.41) is 3.55. The van der Waals surface area contributed by atoms with Crippen LogP contribution in [0.1, 0.15) is 52.1 Å². The molecule has 2 rings (SSSR count). The van der Waals surface area contributed by atoms with Gasteiger partial charge in [0.1, 0.15) is 0 Å². The lowest BCUT2D eigenvalue weighted by atomic mass is 9.95. The van der Waals surface area contributed by atoms with Gasteiger partial charge >= 0.3 is 0 Å². The molecule has 0 aromatic heterocycles. The number of nitrogens with one attached hydrogen (secondary N) is 1. The van der Waals surface area contributed by atoms with Crippen LogP contribution in [-0.2, 0) is 0 Å². The zero-order valence-corrected chi connectivity index (χ0v) is 15.4. The fourth-order valence-corrected chi connectivity index (χ4v) is 3.73. The van der Waals surface area contributed by atoms with E-state index in [9.17, 15) is 0 Å². The Morgan fingerprint density at radius 3 is 2.67 bits per heavy atom. The van der Waals surface area contributed by atoms with Crippen LogP contribution in [0.25, 0.3) is 0 Å². The fourth-order valence-electron chi connectivity index (χ4n) is 3.08. The highest BCUT2D eigenvalue weighted by Crippen LogP contribution is 2.34. The van der Waals surface area contributed by atoms with Gasteiger partial charge < -0.3 is 10.2 Å². The molecule has 1 heterocycles. The summed E-state index contributed by atoms with van der Waals surface area (Å²) in [5.74, 6) is 1.62. The Morgan fingerprint density at radius 2 is 2.10 bits per heavy atom. The maximum atomic E-state index is 3.78. The smallest absolute Gasteiger partial charge is 0.0510 e. The second-order valence-electron chi connectivity index (χ2n) is 6.63. The van der Waals surface area contributed by atoms with Crippen molar-refractivity contribution in [3.63, 3.8) is 0 Å². The molecule has 118 valence electrons. The molecule has 0 amide bonds. The molecule has 0 bridgehead atoms. The number of halogens is 1. The van der Waals surface area contributed by atoms with E-state index in [0.29, 0.717) is 6.04 Å². The normalized spacial score (nSPS) is 20.3. The Morgan fingerprint density at radius 1 is 1.33 bits per heavy atom. The Labute approximate surface area is 138 Å². The van der Waals surface area contributed by atoms with Crippen molar-refractivity contribution < 1.29 is 0 Å². The zero-order valence-electron chi connectivity index (χ0n) is 13.8. The van der Waals surface area contributed by atoms with E-state index in [1.54, 1.807) is 0 Å². The van der Waals surface area contributed by atoms with Gasteiger partial charge in [0.15, 0.2) is 0 Å². The van der Waals surface area contributed by atoms with Gasteiger partial charge in [-0.05, 0) is 71.8 Å². The molecule has 2 unspecified atom stereocenters. The number of hydrogen-bond donors (Lipinski definition) is 1. The van der Waals surface area contributed by atoms with Gasteiger partial charge in [-0.25, -0.2) is 0 Å². The predicted molar refractivity (Wildman–Crippen MR) is 96.0 cm³/mol. The second-order valence-corrected chi connectivity index (χ2v) is 7.48. The number of hydrogen-bond acceptors (Lipinski definition) is 2. The Kier molecular flexibility index (Phi) is 6.12. The van der Waals surface area contributed by atoms with Gasteiger partial charge in [-0.1, -0.05) is 26.8 Å². The summed E-state index contributed by atoms with van der Waals surface area (Å²) in [6.07, 6.45) is 2.49. The van der Waals surface area contributed by atoms with Crippen LogP contribution in [0.5, 0.6) is 0 Å². The second kappa shape index (κ2) is 7.64. The monoisotopic (exact) mass is 352 g/mol. The summed E-state index contributed by atoms with van der Waals surface area (Å²) in [6.45, 7) is 12.6. The number of rotatable bonds is 6. The topological polar surface area (TPSA) is 15.3 Å². The molecule has 1 aromatic rings. The molecule has 1 aliphatic heterocycles. The molecule has 1 aliphatic rings. The van der Waals surface area contributed by atoms with Crippen LogP contribution in [0, 0.1) is 11.8 Å². The number of anilines is 1. The molecular formula is C18H29BrN2. The predicted octanol–water partition coefficient (Wildman–Crippen LogP) is 4.99. The number of benzene rings is 1. The van der Waals surface area contributed by atoms with Gasteiger partial charge in [-0.3, -0.25) is 0 Å². The van der Waals surface area contributed by atoms with E-state index < -0.39 is 0 Å². The molecule has 1 N–H and O–H groups in total. The van der Waals surface area contributed by atoms with Gasteiger partial charge in [0.25, 0.3) is 0 Å². The molecule has 1 fully saturated rings. The molecule has 2 nitrogen and oxygen atoms in total. The standard InChI is InChI=1S/C18H29BrN2/c1-5-9-20-14(4)15-6-7-18(17(19)11-15)21-10-8-16(12-21)13(2)3/h6-7,11,13-14,16,20H,5,8-10,12H2,1-4H3. The lowest BCUT2D eigenvalue weighted by molar-refractivity contribution is 0.422. The number of nitrogens with zero attached hydrogens (tertiary/aromatic N) is 1. The van der Waals surface area contributed by atoms with Gasteiger partial charge in [-0.15, -0.1) is 0 Å². The van der Waals surface area contributed by atoms with Crippen LogP contribution in [0.15, 0.2) is 22.7 Å². The van der Waals surface area contributed by atoms with Crippen LogP contribution in [0.2, 0.25) is 0 Å². The van der Waals surface area contributed by atoms with Crippen LogP contribution >= 0.6 is 15.9 Å². The summed E-state index contributed by atoms with van der Waals surface area (Å²) in [4.78, 5) is 2.53. The van der Waals surface area contributed by atoms with E-state index in [4.69, 9.17) is 0 Å². The zero-order chi connectivity index (χ0) is 15.4. The van der Waals surface area contributed by atoms with E-state index in [2.05, 4.69) is 72.0 Å². The molecule has 21 heavy (non-hydrogen) atoms. The molecular weight excluding hydrogens is 324 g/mol. The first-order chi connectivity index (χ1) is 10.0. The van der Waals surface area contributed by atoms with E-state index in [-0.39, 0.29) is 0 Å². The lowest BCUT2D eigenvalue weighted by Crippen LogP contribution is -2.22. The van der Waals surface area contributed by atoms with Crippen molar-refractivity contribution in [1.29, 1.82) is 0 Å². The summed E-state index contributed by atoms with van der Waals surface area (Å²) in [6, 6.07) is 7.26. The van der Waals surface area contributed by atoms with Crippen molar-refractivity contribution in [3.8, 4) is 0 Å². The highest BCUT2D eigenvalue weighted by Gasteiger charge is 2.26. The lowest BCUT2D eigenvalue weighted by Gasteiger charge is -2.23. The Bertz CT molecular complexity index is 459. The molecule has 0 radical (unpaired) electrons. The largest absolute Gasteiger partial charge is 0.370 e. The quantitative estimate of drug-likeness (QED) is 0.775. The average Bonchev–Trinajstić information content (AvgIpc) is 2.94. The van der Waals surface area contributed by atoms with Crippen LogP contribution < -0.4 is 10.2 Å². The highest BCUT2D eigenvalue weighted by atomic mass is 79.9. The van der Waals surface area contributed by atoms with Gasteiger partial charge in [0.2, 0.25) is 0 Å². The third-order valence-electron chi connectivity index (χ3n) is 4.68. The molecule has 3 heteroatoms. The SMILES string of the molecule is CCCNC(C)c1ccc(N2CCC(C(C)C)C2)c(Br)c1. The molecule has 2 atom stereocenters. The first-order valence-corrected chi connectivity index (χ1v) is 9.10. The van der Waals surface area contributed by atoms with Crippen molar-refractivity contribution in [2.24, 2.45) is 11.8 Å².